The Morgan fingerprint density at radius 1 is 0.614 bits per heavy atom. The molecule has 0 fully saturated rings. The lowest BCUT2D eigenvalue weighted by Gasteiger charge is -2.26. The number of halogens is 6. The molecule has 0 saturated carbocycles. The monoisotopic (exact) mass is 970 g/mol. The van der Waals surface area contributed by atoms with Crippen LogP contribution in [0.25, 0.3) is 33.4 Å². The third kappa shape index (κ3) is 11.2. The summed E-state index contributed by atoms with van der Waals surface area (Å²) in [5.74, 6) is -4.81. The highest BCUT2D eigenvalue weighted by atomic mass is 19.2. The second-order valence-corrected chi connectivity index (χ2v) is 17.4. The van der Waals surface area contributed by atoms with Crippen LogP contribution in [0, 0.1) is 34.9 Å². The van der Waals surface area contributed by atoms with Gasteiger partial charge in [0.25, 0.3) is 0 Å². The van der Waals surface area contributed by atoms with Crippen LogP contribution in [0.15, 0.2) is 109 Å². The zero-order chi connectivity index (χ0) is 50.1. The van der Waals surface area contributed by atoms with E-state index in [2.05, 4.69) is 30.6 Å². The number of hydrogen-bond donors (Lipinski definition) is 5. The number of anilines is 2. The molecule has 0 radical (unpaired) electrons. The van der Waals surface area contributed by atoms with Crippen molar-refractivity contribution in [2.75, 3.05) is 10.6 Å². The number of para-hydroxylation sites is 2. The zero-order valence-corrected chi connectivity index (χ0v) is 38.3. The molecule has 4 aromatic carbocycles. The van der Waals surface area contributed by atoms with Gasteiger partial charge in [-0.2, -0.15) is 9.97 Å². The van der Waals surface area contributed by atoms with Crippen LogP contribution < -0.4 is 10.6 Å². The van der Waals surface area contributed by atoms with E-state index in [0.717, 1.165) is 24.3 Å². The highest BCUT2D eigenvalue weighted by molar-refractivity contribution is 5.82. The quantitative estimate of drug-likeness (QED) is 0.0550. The molecule has 368 valence electrons. The molecule has 0 aliphatic heterocycles. The van der Waals surface area contributed by atoms with Gasteiger partial charge in [0.2, 0.25) is 11.9 Å². The number of hydrogen-bond acceptors (Lipinski definition) is 11. The van der Waals surface area contributed by atoms with Crippen molar-refractivity contribution in [2.45, 2.75) is 91.4 Å². The van der Waals surface area contributed by atoms with Gasteiger partial charge < -0.3 is 30.7 Å². The molecule has 4 aromatic heterocycles. The second-order valence-electron chi connectivity index (χ2n) is 17.4. The number of rotatable bonds is 13. The maximum absolute atomic E-state index is 15.1. The first-order valence-corrected chi connectivity index (χ1v) is 21.5. The van der Waals surface area contributed by atoms with E-state index < -0.39 is 87.7 Å². The molecular formula is C51H52F6N8O5. The first kappa shape index (κ1) is 52.0. The number of aliphatic hydroxyl groups is 3. The summed E-state index contributed by atoms with van der Waals surface area (Å²) >= 11 is 0. The van der Waals surface area contributed by atoms with Gasteiger partial charge in [0, 0.05) is 30.1 Å². The lowest BCUT2D eigenvalue weighted by atomic mass is 10.0. The molecule has 4 heterocycles. The number of esters is 1. The molecule has 70 heavy (non-hydrogen) atoms. The van der Waals surface area contributed by atoms with E-state index in [1.54, 1.807) is 47.6 Å². The van der Waals surface area contributed by atoms with E-state index in [1.807, 2.05) is 0 Å². The normalized spacial score (nSPS) is 13.4. The minimum Gasteiger partial charge on any atom is -0.451 e. The fourth-order valence-corrected chi connectivity index (χ4v) is 7.09. The first-order valence-electron chi connectivity index (χ1n) is 21.5. The maximum Gasteiger partial charge on any atom is 0.303 e. The highest BCUT2D eigenvalue weighted by Crippen LogP contribution is 2.37. The standard InChI is InChI=1S/C26H25F3N4O3.C24H23F3N4O2.CH4/c1-14(26(3,4)35)31-25-30-13-17-12-21(23(36-15(2)34)16-8-10-18(27)11-9-16)33(24(17)32-25)22-19(28)6-5-7-20(22)29;1-13(24(2,3)33)29-23-28-12-15-11-19(21(32)14-7-9-16(25)10-8-14)31(22(15)30-23)20-17(26)5-4-6-18(20)27;/h5-14,23,35H,1-4H3,(H,30,31,32);4-13,21,32-33H,1-3H3,(H,28,29,30);1H4/t14-,23?;13-,21?;/m00./s1. The second kappa shape index (κ2) is 20.7. The van der Waals surface area contributed by atoms with Crippen molar-refractivity contribution in [2.24, 2.45) is 0 Å². The number of fused-ring (bicyclic) bond motifs is 2. The van der Waals surface area contributed by atoms with Gasteiger partial charge in [-0.25, -0.2) is 36.3 Å². The Labute approximate surface area is 399 Å². The van der Waals surface area contributed by atoms with E-state index in [4.69, 9.17) is 4.74 Å². The number of ether oxygens (including phenoxy) is 1. The van der Waals surface area contributed by atoms with Crippen LogP contribution in [-0.2, 0) is 9.53 Å². The Balaban J connectivity index is 0.000000227. The predicted molar refractivity (Wildman–Crippen MR) is 254 cm³/mol. The van der Waals surface area contributed by atoms with Crippen molar-refractivity contribution in [3.63, 3.8) is 0 Å². The minimum atomic E-state index is -1.33. The van der Waals surface area contributed by atoms with Gasteiger partial charge in [-0.05, 0) is 113 Å². The molecule has 0 aliphatic carbocycles. The van der Waals surface area contributed by atoms with Crippen LogP contribution in [-0.4, -0.2) is 73.6 Å². The van der Waals surface area contributed by atoms with Crippen LogP contribution in [0.1, 0.15) is 90.6 Å². The number of benzene rings is 4. The molecule has 0 aliphatic rings. The molecule has 0 amide bonds. The molecule has 0 bridgehead atoms. The summed E-state index contributed by atoms with van der Waals surface area (Å²) in [6.07, 6.45) is 0.446. The molecule has 0 saturated heterocycles. The number of nitrogens with one attached hydrogen (secondary N) is 2. The van der Waals surface area contributed by atoms with Gasteiger partial charge in [0.1, 0.15) is 52.4 Å². The molecule has 0 spiro atoms. The molecule has 13 nitrogen and oxygen atoms in total. The SMILES string of the molecule is C.CC(=O)OC(c1ccc(F)cc1)c1cc2cnc(N[C@@H](C)C(C)(C)O)nc2n1-c1c(F)cccc1F.C[C@H](Nc1ncc2cc(C(O)c3ccc(F)cc3)n(-c3c(F)cccc3F)c2n1)C(C)(C)O. The molecular weight excluding hydrogens is 919 g/mol. The summed E-state index contributed by atoms with van der Waals surface area (Å²) < 4.78 is 94.7. The lowest BCUT2D eigenvalue weighted by molar-refractivity contribution is -0.145. The van der Waals surface area contributed by atoms with Gasteiger partial charge in [-0.3, -0.25) is 13.9 Å². The number of nitrogens with zero attached hydrogens (tertiary/aromatic N) is 6. The average Bonchev–Trinajstić information content (AvgIpc) is 3.83. The van der Waals surface area contributed by atoms with Crippen molar-refractivity contribution in [1.82, 2.24) is 29.1 Å². The number of carbonyl (C=O) groups excluding carboxylic acids is 1. The average molecular weight is 971 g/mol. The van der Waals surface area contributed by atoms with E-state index in [-0.39, 0.29) is 42.0 Å². The molecule has 2 unspecified atom stereocenters. The molecule has 19 heteroatoms. The van der Waals surface area contributed by atoms with Gasteiger partial charge >= 0.3 is 5.97 Å². The minimum absolute atomic E-state index is 0. The molecule has 8 rings (SSSR count). The van der Waals surface area contributed by atoms with Crippen molar-refractivity contribution in [3.05, 3.63) is 167 Å². The highest BCUT2D eigenvalue weighted by Gasteiger charge is 2.30. The summed E-state index contributed by atoms with van der Waals surface area (Å²) in [5, 5.41) is 38.3. The van der Waals surface area contributed by atoms with Gasteiger partial charge in [0.15, 0.2) is 17.4 Å². The number of aromatic nitrogens is 6. The van der Waals surface area contributed by atoms with E-state index in [1.165, 1.54) is 95.2 Å². The summed E-state index contributed by atoms with van der Waals surface area (Å²) in [7, 11) is 0. The van der Waals surface area contributed by atoms with Crippen molar-refractivity contribution in [1.29, 1.82) is 0 Å². The van der Waals surface area contributed by atoms with E-state index in [0.29, 0.717) is 21.9 Å². The Hall–Kier alpha value is -7.35. The summed E-state index contributed by atoms with van der Waals surface area (Å²) in [6.45, 7) is 11.2. The third-order valence-corrected chi connectivity index (χ3v) is 11.5. The molecule has 8 aromatic rings. The third-order valence-electron chi connectivity index (χ3n) is 11.5. The zero-order valence-electron chi connectivity index (χ0n) is 38.3. The van der Waals surface area contributed by atoms with E-state index in [9.17, 15) is 37.7 Å². The van der Waals surface area contributed by atoms with E-state index >= 15 is 8.78 Å². The van der Waals surface area contributed by atoms with Crippen molar-refractivity contribution >= 4 is 39.9 Å². The fraction of sp³-hybridized carbons (Fsp3) is 0.275. The topological polar surface area (TPSA) is 172 Å². The summed E-state index contributed by atoms with van der Waals surface area (Å²) in [5.41, 5.74) is -1.72. The lowest BCUT2D eigenvalue weighted by Crippen LogP contribution is -2.39. The van der Waals surface area contributed by atoms with Crippen LogP contribution in [0.2, 0.25) is 0 Å². The Kier molecular flexibility index (Phi) is 15.4. The largest absolute Gasteiger partial charge is 0.451 e. The predicted octanol–water partition coefficient (Wildman–Crippen LogP) is 10.2. The molecule has 5 N–H and O–H groups in total. The first-order chi connectivity index (χ1) is 32.5. The van der Waals surface area contributed by atoms with Gasteiger partial charge in [-0.15, -0.1) is 0 Å². The smallest absolute Gasteiger partial charge is 0.303 e. The van der Waals surface area contributed by atoms with Crippen LogP contribution >= 0.6 is 0 Å². The van der Waals surface area contributed by atoms with Crippen molar-refractivity contribution in [3.8, 4) is 11.4 Å². The van der Waals surface area contributed by atoms with Crippen LogP contribution in [0.5, 0.6) is 0 Å². The van der Waals surface area contributed by atoms with Gasteiger partial charge in [0.05, 0.1) is 34.7 Å². The summed E-state index contributed by atoms with van der Waals surface area (Å²) in [6, 6.07) is 19.5. The number of aliphatic hydroxyl groups excluding tert-OH is 1. The Morgan fingerprint density at radius 3 is 1.37 bits per heavy atom. The maximum atomic E-state index is 15.1. The van der Waals surface area contributed by atoms with Crippen LogP contribution in [0.3, 0.4) is 0 Å². The summed E-state index contributed by atoms with van der Waals surface area (Å²) in [4.78, 5) is 29.4. The Morgan fingerprint density at radius 2 is 0.986 bits per heavy atom. The van der Waals surface area contributed by atoms with Crippen LogP contribution in [0.4, 0.5) is 38.2 Å². The van der Waals surface area contributed by atoms with Gasteiger partial charge in [-0.1, -0.05) is 43.8 Å². The molecule has 4 atom stereocenters. The van der Waals surface area contributed by atoms with Crippen molar-refractivity contribution < 1.29 is 51.2 Å². The number of carbonyl (C=O) groups is 1. The fourth-order valence-electron chi connectivity index (χ4n) is 7.09. The Bertz CT molecular complexity index is 3090.